The Hall–Kier alpha value is -1.60. The standard InChI is InChI=1S/C19H25N/c1-14-9-7-11-19(17(14)4)13-20-16(3)12-18-10-6-5-8-15(18)2/h5-11,16,20H,12-13H2,1-4H3. The van der Waals surface area contributed by atoms with Crippen molar-refractivity contribution in [2.45, 2.75) is 46.7 Å². The Morgan fingerprint density at radius 3 is 2.25 bits per heavy atom. The third kappa shape index (κ3) is 3.71. The number of benzene rings is 2. The molecule has 0 aromatic heterocycles. The Morgan fingerprint density at radius 2 is 1.50 bits per heavy atom. The summed E-state index contributed by atoms with van der Waals surface area (Å²) in [6, 6.07) is 15.7. The normalized spacial score (nSPS) is 12.4. The van der Waals surface area contributed by atoms with Crippen molar-refractivity contribution in [2.24, 2.45) is 0 Å². The molecule has 2 aromatic carbocycles. The zero-order valence-corrected chi connectivity index (χ0v) is 13.0. The number of aryl methyl sites for hydroxylation is 2. The molecule has 0 heterocycles. The molecule has 0 bridgehead atoms. The lowest BCUT2D eigenvalue weighted by Gasteiger charge is -2.17. The van der Waals surface area contributed by atoms with Crippen molar-refractivity contribution in [3.8, 4) is 0 Å². The highest BCUT2D eigenvalue weighted by atomic mass is 14.9. The first-order valence-corrected chi connectivity index (χ1v) is 7.41. The summed E-state index contributed by atoms with van der Waals surface area (Å²) in [5.41, 5.74) is 7.00. The van der Waals surface area contributed by atoms with Gasteiger partial charge in [0.05, 0.1) is 0 Å². The zero-order valence-electron chi connectivity index (χ0n) is 13.0. The molecule has 0 spiro atoms. The number of nitrogens with one attached hydrogen (secondary N) is 1. The van der Waals surface area contributed by atoms with E-state index in [1.807, 2.05) is 0 Å². The minimum atomic E-state index is 0.482. The monoisotopic (exact) mass is 267 g/mol. The fraction of sp³-hybridized carbons (Fsp3) is 0.368. The Morgan fingerprint density at radius 1 is 0.850 bits per heavy atom. The Labute approximate surface area is 123 Å². The van der Waals surface area contributed by atoms with Crippen LogP contribution in [0, 0.1) is 20.8 Å². The summed E-state index contributed by atoms with van der Waals surface area (Å²) in [4.78, 5) is 0. The second-order valence-electron chi connectivity index (χ2n) is 5.77. The quantitative estimate of drug-likeness (QED) is 0.850. The van der Waals surface area contributed by atoms with Crippen LogP contribution in [0.5, 0.6) is 0 Å². The van der Waals surface area contributed by atoms with Gasteiger partial charge in [-0.2, -0.15) is 0 Å². The molecule has 0 aliphatic heterocycles. The van der Waals surface area contributed by atoms with Crippen LogP contribution in [0.1, 0.15) is 34.7 Å². The lowest BCUT2D eigenvalue weighted by molar-refractivity contribution is 0.543. The molecule has 2 aromatic rings. The summed E-state index contributed by atoms with van der Waals surface area (Å²) in [7, 11) is 0. The molecule has 0 fully saturated rings. The van der Waals surface area contributed by atoms with Crippen molar-refractivity contribution in [1.29, 1.82) is 0 Å². The van der Waals surface area contributed by atoms with E-state index in [2.05, 4.69) is 75.5 Å². The zero-order chi connectivity index (χ0) is 14.5. The van der Waals surface area contributed by atoms with Gasteiger partial charge in [0.25, 0.3) is 0 Å². The van der Waals surface area contributed by atoms with Crippen LogP contribution in [0.25, 0.3) is 0 Å². The molecule has 1 N–H and O–H groups in total. The van der Waals surface area contributed by atoms with E-state index in [9.17, 15) is 0 Å². The first-order chi connectivity index (χ1) is 9.58. The highest BCUT2D eigenvalue weighted by molar-refractivity contribution is 5.33. The highest BCUT2D eigenvalue weighted by Crippen LogP contribution is 2.14. The van der Waals surface area contributed by atoms with Crippen molar-refractivity contribution in [1.82, 2.24) is 5.32 Å². The topological polar surface area (TPSA) is 12.0 Å². The maximum atomic E-state index is 3.64. The predicted octanol–water partition coefficient (Wildman–Crippen LogP) is 4.33. The van der Waals surface area contributed by atoms with Gasteiger partial charge in [-0.1, -0.05) is 42.5 Å². The summed E-state index contributed by atoms with van der Waals surface area (Å²) in [6.07, 6.45) is 1.08. The van der Waals surface area contributed by atoms with Gasteiger partial charge in [-0.15, -0.1) is 0 Å². The number of hydrogen-bond donors (Lipinski definition) is 1. The molecule has 20 heavy (non-hydrogen) atoms. The minimum absolute atomic E-state index is 0.482. The van der Waals surface area contributed by atoms with E-state index in [4.69, 9.17) is 0 Å². The second kappa shape index (κ2) is 6.71. The van der Waals surface area contributed by atoms with Gasteiger partial charge in [-0.25, -0.2) is 0 Å². The van der Waals surface area contributed by atoms with E-state index in [1.165, 1.54) is 27.8 Å². The van der Waals surface area contributed by atoms with Crippen LogP contribution < -0.4 is 5.32 Å². The van der Waals surface area contributed by atoms with Crippen LogP contribution in [-0.2, 0) is 13.0 Å². The first kappa shape index (κ1) is 14.8. The molecule has 1 nitrogen and oxygen atoms in total. The number of rotatable bonds is 5. The van der Waals surface area contributed by atoms with Crippen LogP contribution in [0.15, 0.2) is 42.5 Å². The molecule has 1 heteroatoms. The van der Waals surface area contributed by atoms with Gasteiger partial charge in [0, 0.05) is 12.6 Å². The van der Waals surface area contributed by atoms with Gasteiger partial charge in [-0.3, -0.25) is 0 Å². The van der Waals surface area contributed by atoms with Gasteiger partial charge in [0.2, 0.25) is 0 Å². The molecule has 0 saturated heterocycles. The van der Waals surface area contributed by atoms with E-state index in [0.717, 1.165) is 13.0 Å². The van der Waals surface area contributed by atoms with Gasteiger partial charge >= 0.3 is 0 Å². The fourth-order valence-corrected chi connectivity index (χ4v) is 2.53. The maximum Gasteiger partial charge on any atom is 0.0210 e. The van der Waals surface area contributed by atoms with Crippen molar-refractivity contribution >= 4 is 0 Å². The summed E-state index contributed by atoms with van der Waals surface area (Å²) >= 11 is 0. The molecule has 0 radical (unpaired) electrons. The molecule has 1 unspecified atom stereocenters. The fourth-order valence-electron chi connectivity index (χ4n) is 2.53. The molecule has 0 aliphatic carbocycles. The maximum absolute atomic E-state index is 3.64. The average molecular weight is 267 g/mol. The number of hydrogen-bond acceptors (Lipinski definition) is 1. The molecule has 2 rings (SSSR count). The molecule has 1 atom stereocenters. The molecular formula is C19H25N. The van der Waals surface area contributed by atoms with Crippen molar-refractivity contribution < 1.29 is 0 Å². The molecular weight excluding hydrogens is 242 g/mol. The SMILES string of the molecule is Cc1ccccc1CC(C)NCc1cccc(C)c1C. The molecule has 0 saturated carbocycles. The second-order valence-corrected chi connectivity index (χ2v) is 5.77. The van der Waals surface area contributed by atoms with E-state index >= 15 is 0 Å². The van der Waals surface area contributed by atoms with Crippen LogP contribution in [0.2, 0.25) is 0 Å². The average Bonchev–Trinajstić information content (AvgIpc) is 2.43. The highest BCUT2D eigenvalue weighted by Gasteiger charge is 2.06. The van der Waals surface area contributed by atoms with Crippen LogP contribution in [-0.4, -0.2) is 6.04 Å². The van der Waals surface area contributed by atoms with Gasteiger partial charge in [-0.05, 0) is 61.9 Å². The van der Waals surface area contributed by atoms with Crippen LogP contribution in [0.4, 0.5) is 0 Å². The summed E-state index contributed by atoms with van der Waals surface area (Å²) in [6.45, 7) is 9.78. The van der Waals surface area contributed by atoms with Crippen molar-refractivity contribution in [3.63, 3.8) is 0 Å². The lowest BCUT2D eigenvalue weighted by atomic mass is 10.0. The van der Waals surface area contributed by atoms with Gasteiger partial charge < -0.3 is 5.32 Å². The van der Waals surface area contributed by atoms with E-state index in [0.29, 0.717) is 6.04 Å². The Bertz CT molecular complexity index is 572. The third-order valence-electron chi connectivity index (χ3n) is 4.15. The summed E-state index contributed by atoms with van der Waals surface area (Å²) in [5.74, 6) is 0. The van der Waals surface area contributed by atoms with Crippen LogP contribution in [0.3, 0.4) is 0 Å². The summed E-state index contributed by atoms with van der Waals surface area (Å²) < 4.78 is 0. The van der Waals surface area contributed by atoms with E-state index in [-0.39, 0.29) is 0 Å². The van der Waals surface area contributed by atoms with Gasteiger partial charge in [0.1, 0.15) is 0 Å². The Balaban J connectivity index is 1.94. The smallest absolute Gasteiger partial charge is 0.0210 e. The molecule has 0 aliphatic rings. The predicted molar refractivity (Wildman–Crippen MR) is 87.1 cm³/mol. The minimum Gasteiger partial charge on any atom is -0.310 e. The Kier molecular flexibility index (Phi) is 4.97. The molecule has 0 amide bonds. The molecule has 106 valence electrons. The summed E-state index contributed by atoms with van der Waals surface area (Å²) in [5, 5.41) is 3.64. The largest absolute Gasteiger partial charge is 0.310 e. The van der Waals surface area contributed by atoms with E-state index < -0.39 is 0 Å². The van der Waals surface area contributed by atoms with Gasteiger partial charge in [0.15, 0.2) is 0 Å². The van der Waals surface area contributed by atoms with E-state index in [1.54, 1.807) is 0 Å². The third-order valence-corrected chi connectivity index (χ3v) is 4.15. The first-order valence-electron chi connectivity index (χ1n) is 7.41. The van der Waals surface area contributed by atoms with Crippen LogP contribution >= 0.6 is 0 Å². The van der Waals surface area contributed by atoms with Crippen molar-refractivity contribution in [3.05, 3.63) is 70.3 Å². The van der Waals surface area contributed by atoms with Crippen molar-refractivity contribution in [2.75, 3.05) is 0 Å². The lowest BCUT2D eigenvalue weighted by Crippen LogP contribution is -2.28.